The monoisotopic (exact) mass is 541 g/mol. The molecule has 33 heavy (non-hydrogen) atoms. The Hall–Kier alpha value is -2.90. The normalized spacial score (nSPS) is 13.5. The number of carbonyl (C=O) groups is 1. The number of nitrogens with zero attached hydrogens (tertiary/aromatic N) is 2. The molecule has 176 valence electrons. The maximum atomic E-state index is 14.8. The smallest absolute Gasteiger partial charge is 0.391 e. The van der Waals surface area contributed by atoms with Crippen molar-refractivity contribution in [2.75, 3.05) is 7.05 Å². The van der Waals surface area contributed by atoms with Crippen LogP contribution in [0.1, 0.15) is 51.8 Å². The molecule has 2 aromatic heterocycles. The molecular formula is C20H21BrFN5O5S. The molecule has 10 nitrogen and oxygen atoms in total. The highest BCUT2D eigenvalue weighted by atomic mass is 79.9. The third-order valence-corrected chi connectivity index (χ3v) is 7.07. The topological polar surface area (TPSA) is 147 Å². The summed E-state index contributed by atoms with van der Waals surface area (Å²) in [5.41, 5.74) is 1.41. The van der Waals surface area contributed by atoms with E-state index in [2.05, 4.69) is 41.2 Å². The second-order valence-electron chi connectivity index (χ2n) is 7.33. The molecule has 13 heteroatoms. The van der Waals surface area contributed by atoms with Crippen molar-refractivity contribution >= 4 is 31.9 Å². The Bertz CT molecular complexity index is 1370. The van der Waals surface area contributed by atoms with Crippen LogP contribution < -0.4 is 15.8 Å². The molecule has 3 aromatic rings. The summed E-state index contributed by atoms with van der Waals surface area (Å²) >= 11 is 3.16. The van der Waals surface area contributed by atoms with Crippen LogP contribution in [0.25, 0.3) is 0 Å². The van der Waals surface area contributed by atoms with Gasteiger partial charge in [0.1, 0.15) is 11.9 Å². The summed E-state index contributed by atoms with van der Waals surface area (Å²) in [6.45, 7) is 5.07. The lowest BCUT2D eigenvalue weighted by atomic mass is 9.88. The summed E-state index contributed by atoms with van der Waals surface area (Å²) in [5, 5.41) is 7.64. The number of hydrogen-bond acceptors (Lipinski definition) is 7. The van der Waals surface area contributed by atoms with Gasteiger partial charge in [-0.2, -0.15) is 4.72 Å². The van der Waals surface area contributed by atoms with Gasteiger partial charge in [-0.05, 0) is 58.6 Å². The van der Waals surface area contributed by atoms with Gasteiger partial charge in [0.15, 0.2) is 5.03 Å². The van der Waals surface area contributed by atoms with Crippen molar-refractivity contribution in [1.29, 1.82) is 0 Å². The van der Waals surface area contributed by atoms with Crippen LogP contribution in [0.2, 0.25) is 0 Å². The molecule has 0 aliphatic carbocycles. The number of carbonyl (C=O) groups excluding carboxylic acids is 1. The first-order valence-electron chi connectivity index (χ1n) is 9.67. The van der Waals surface area contributed by atoms with Crippen molar-refractivity contribution in [2.24, 2.45) is 0 Å². The molecule has 2 heterocycles. The zero-order valence-electron chi connectivity index (χ0n) is 18.1. The van der Waals surface area contributed by atoms with Gasteiger partial charge in [0.05, 0.1) is 5.56 Å². The Labute approximate surface area is 197 Å². The Morgan fingerprint density at radius 2 is 2.00 bits per heavy atom. The lowest BCUT2D eigenvalue weighted by Crippen LogP contribution is -2.35. The van der Waals surface area contributed by atoms with Crippen molar-refractivity contribution < 1.29 is 22.0 Å². The first kappa shape index (κ1) is 24.7. The molecule has 3 N–H and O–H groups in total. The molecule has 0 bridgehead atoms. The number of aromatic nitrogens is 3. The molecule has 0 saturated heterocycles. The van der Waals surface area contributed by atoms with Gasteiger partial charge in [0.2, 0.25) is 5.89 Å². The van der Waals surface area contributed by atoms with E-state index in [-0.39, 0.29) is 17.0 Å². The number of benzene rings is 1. The third kappa shape index (κ3) is 5.04. The fourth-order valence-corrected chi connectivity index (χ4v) is 5.15. The second kappa shape index (κ2) is 9.53. The molecule has 1 amide bonds. The van der Waals surface area contributed by atoms with Crippen molar-refractivity contribution in [3.8, 4) is 0 Å². The minimum absolute atomic E-state index is 0.216. The van der Waals surface area contributed by atoms with Crippen LogP contribution >= 0.6 is 15.9 Å². The van der Waals surface area contributed by atoms with E-state index in [1.165, 1.54) is 25.4 Å². The molecule has 0 spiro atoms. The van der Waals surface area contributed by atoms with Gasteiger partial charge in [-0.3, -0.25) is 4.79 Å². The van der Waals surface area contributed by atoms with Crippen LogP contribution in [-0.2, 0) is 10.0 Å². The summed E-state index contributed by atoms with van der Waals surface area (Å²) in [7, 11) is -3.12. The molecule has 1 aromatic carbocycles. The standard InChI is InChI=1S/C20H21BrFN5O5S/c1-9-5-6-14(22)15(10(9)2)11(3)16(18-25-26-20(29)32-18)27-33(30,31)19-13(17(28)23-4)7-12(21)8-24-19/h5-8,11,16,27H,1-4H3,(H,23,28)(H,26,29). The Kier molecular flexibility index (Phi) is 7.14. The van der Waals surface area contributed by atoms with Crippen molar-refractivity contribution in [1.82, 2.24) is 25.2 Å². The number of pyridine rings is 1. The van der Waals surface area contributed by atoms with Crippen LogP contribution in [0.4, 0.5) is 4.39 Å². The van der Waals surface area contributed by atoms with Crippen LogP contribution in [0.15, 0.2) is 43.1 Å². The highest BCUT2D eigenvalue weighted by Crippen LogP contribution is 2.35. The van der Waals surface area contributed by atoms with E-state index in [4.69, 9.17) is 4.42 Å². The molecule has 0 aliphatic heterocycles. The quantitative estimate of drug-likeness (QED) is 0.416. The largest absolute Gasteiger partial charge is 0.434 e. The first-order valence-corrected chi connectivity index (χ1v) is 11.9. The summed E-state index contributed by atoms with van der Waals surface area (Å²) in [6, 6.07) is 2.89. The highest BCUT2D eigenvalue weighted by Gasteiger charge is 2.35. The zero-order chi connectivity index (χ0) is 24.5. The third-order valence-electron chi connectivity index (χ3n) is 5.23. The predicted molar refractivity (Wildman–Crippen MR) is 120 cm³/mol. The Balaban J connectivity index is 2.14. The Morgan fingerprint density at radius 3 is 2.61 bits per heavy atom. The molecule has 0 radical (unpaired) electrons. The molecule has 0 fully saturated rings. The minimum Gasteiger partial charge on any atom is -0.391 e. The SMILES string of the molecule is CNC(=O)c1cc(Br)cnc1S(=O)(=O)NC(c1n[nH]c(=O)o1)C(C)c1c(F)ccc(C)c1C. The van der Waals surface area contributed by atoms with Crippen LogP contribution in [0, 0.1) is 19.7 Å². The first-order chi connectivity index (χ1) is 15.5. The van der Waals surface area contributed by atoms with Gasteiger partial charge >= 0.3 is 5.76 Å². The van der Waals surface area contributed by atoms with E-state index < -0.39 is 44.5 Å². The van der Waals surface area contributed by atoms with E-state index in [0.29, 0.717) is 10.0 Å². The summed E-state index contributed by atoms with van der Waals surface area (Å²) in [5.74, 6) is -3.29. The van der Waals surface area contributed by atoms with E-state index in [1.54, 1.807) is 26.8 Å². The fourth-order valence-electron chi connectivity index (χ4n) is 3.43. The van der Waals surface area contributed by atoms with Crippen LogP contribution in [0.3, 0.4) is 0 Å². The zero-order valence-corrected chi connectivity index (χ0v) is 20.5. The average molecular weight is 542 g/mol. The Morgan fingerprint density at radius 1 is 1.30 bits per heavy atom. The average Bonchev–Trinajstić information content (AvgIpc) is 3.20. The van der Waals surface area contributed by atoms with Crippen molar-refractivity contribution in [2.45, 2.75) is 37.8 Å². The van der Waals surface area contributed by atoms with Crippen LogP contribution in [-0.4, -0.2) is 36.6 Å². The summed E-state index contributed by atoms with van der Waals surface area (Å²) < 4.78 is 49.3. The maximum absolute atomic E-state index is 14.8. The van der Waals surface area contributed by atoms with Crippen molar-refractivity contribution in [3.63, 3.8) is 0 Å². The number of sulfonamides is 1. The molecule has 2 unspecified atom stereocenters. The lowest BCUT2D eigenvalue weighted by Gasteiger charge is -2.25. The van der Waals surface area contributed by atoms with Gasteiger partial charge in [-0.25, -0.2) is 27.7 Å². The van der Waals surface area contributed by atoms with Gasteiger partial charge in [-0.15, -0.1) is 5.10 Å². The fraction of sp³-hybridized carbons (Fsp3) is 0.300. The van der Waals surface area contributed by atoms with Gasteiger partial charge in [0.25, 0.3) is 15.9 Å². The van der Waals surface area contributed by atoms with E-state index in [0.717, 1.165) is 5.56 Å². The number of hydrogen-bond donors (Lipinski definition) is 3. The highest BCUT2D eigenvalue weighted by molar-refractivity contribution is 9.10. The van der Waals surface area contributed by atoms with Gasteiger partial charge in [-0.1, -0.05) is 13.0 Å². The van der Waals surface area contributed by atoms with Gasteiger partial charge < -0.3 is 9.73 Å². The maximum Gasteiger partial charge on any atom is 0.434 e. The number of rotatable bonds is 7. The molecular weight excluding hydrogens is 521 g/mol. The van der Waals surface area contributed by atoms with Gasteiger partial charge in [0, 0.05) is 23.6 Å². The molecule has 3 rings (SSSR count). The van der Waals surface area contributed by atoms with Crippen molar-refractivity contribution in [3.05, 3.63) is 73.4 Å². The number of H-pyrrole nitrogens is 1. The summed E-state index contributed by atoms with van der Waals surface area (Å²) in [6.07, 6.45) is 1.22. The molecule has 0 aliphatic rings. The number of aromatic amines is 1. The number of halogens is 2. The number of nitrogens with one attached hydrogen (secondary N) is 3. The van der Waals surface area contributed by atoms with E-state index in [9.17, 15) is 22.4 Å². The minimum atomic E-state index is -4.47. The van der Waals surface area contributed by atoms with Crippen LogP contribution in [0.5, 0.6) is 0 Å². The lowest BCUT2D eigenvalue weighted by molar-refractivity contribution is 0.0959. The van der Waals surface area contributed by atoms with E-state index in [1.807, 2.05) is 0 Å². The second-order valence-corrected chi connectivity index (χ2v) is 9.87. The van der Waals surface area contributed by atoms with E-state index >= 15 is 0 Å². The number of amides is 1. The summed E-state index contributed by atoms with van der Waals surface area (Å²) in [4.78, 5) is 27.8. The molecule has 0 saturated carbocycles. The molecule has 2 atom stereocenters. The number of aryl methyl sites for hydroxylation is 1. The predicted octanol–water partition coefficient (Wildman–Crippen LogP) is 2.46.